The van der Waals surface area contributed by atoms with Crippen LogP contribution < -0.4 is 38.0 Å². The third-order valence-corrected chi connectivity index (χ3v) is 6.45. The van der Waals surface area contributed by atoms with E-state index in [2.05, 4.69) is 24.1 Å². The predicted octanol–water partition coefficient (Wildman–Crippen LogP) is 3.10. The minimum atomic E-state index is 0. The second kappa shape index (κ2) is 11.8. The summed E-state index contributed by atoms with van der Waals surface area (Å²) in [4.78, 5) is 2.30. The van der Waals surface area contributed by atoms with Gasteiger partial charge in [0, 0.05) is 53.7 Å². The molecule has 0 bridgehead atoms. The molecule has 0 aliphatic carbocycles. The molecule has 7 heteroatoms. The van der Waals surface area contributed by atoms with Crippen molar-refractivity contribution in [3.63, 3.8) is 0 Å². The molecule has 5 aromatic rings. The molecule has 1 aliphatic heterocycles. The predicted molar refractivity (Wildman–Crippen MR) is 142 cm³/mol. The first-order valence-corrected chi connectivity index (χ1v) is 12.0. The van der Waals surface area contributed by atoms with E-state index in [1.807, 2.05) is 78.6 Å². The van der Waals surface area contributed by atoms with Crippen LogP contribution in [0.1, 0.15) is 12.2 Å². The Hall–Kier alpha value is -3.30. The maximum atomic E-state index is 5.92. The molecule has 2 aromatic carbocycles. The Morgan fingerprint density at radius 3 is 1.89 bits per heavy atom. The van der Waals surface area contributed by atoms with E-state index < -0.39 is 0 Å². The van der Waals surface area contributed by atoms with Crippen LogP contribution in [-0.4, -0.2) is 39.3 Å². The highest BCUT2D eigenvalue weighted by atomic mass is 127. The number of ether oxygens (including phenoxy) is 2. The normalized spacial score (nSPS) is 13.5. The molecule has 0 N–H and O–H groups in total. The second-order valence-electron chi connectivity index (χ2n) is 9.02. The first kappa shape index (κ1) is 26.8. The molecule has 0 atom stereocenters. The molecule has 1 aliphatic rings. The van der Waals surface area contributed by atoms with Crippen molar-refractivity contribution in [2.24, 2.45) is 7.05 Å². The van der Waals surface area contributed by atoms with Crippen LogP contribution in [0.15, 0.2) is 88.0 Å². The van der Waals surface area contributed by atoms with Gasteiger partial charge in [0.05, 0.1) is 14.2 Å². The van der Waals surface area contributed by atoms with Gasteiger partial charge in [0.1, 0.15) is 41.2 Å². The number of methoxy groups -OCH3 is 2. The number of pyridine rings is 1. The quantitative estimate of drug-likeness (QED) is 0.232. The summed E-state index contributed by atoms with van der Waals surface area (Å²) in [5.74, 6) is 3.51. The molecular formula is C30H31IN2O4. The average Bonchev–Trinajstić information content (AvgIpc) is 3.53. The molecule has 6 nitrogen and oxygen atoms in total. The molecule has 37 heavy (non-hydrogen) atoms. The standard InChI is InChI=1S/C15H17NO2.C15H14NO2.HI/c2*1-16-7-5-11(6-8-16)14-9-12-3-4-13(17-2)10-15(12)18-14;/h3-5,9-10H,6-8H2,1-2H3;3-10H,1-2H3;1H/q;+1;/p-1. The van der Waals surface area contributed by atoms with Crippen LogP contribution in [0.3, 0.4) is 0 Å². The van der Waals surface area contributed by atoms with Crippen LogP contribution in [0.4, 0.5) is 0 Å². The van der Waals surface area contributed by atoms with Gasteiger partial charge in [-0.2, -0.15) is 0 Å². The van der Waals surface area contributed by atoms with Gasteiger partial charge in [-0.25, -0.2) is 4.57 Å². The zero-order valence-electron chi connectivity index (χ0n) is 21.5. The third-order valence-electron chi connectivity index (χ3n) is 6.45. The minimum Gasteiger partial charge on any atom is -1.00 e. The van der Waals surface area contributed by atoms with Gasteiger partial charge in [-0.3, -0.25) is 0 Å². The van der Waals surface area contributed by atoms with E-state index in [-0.39, 0.29) is 24.0 Å². The first-order chi connectivity index (χ1) is 17.5. The molecule has 0 saturated carbocycles. The molecule has 0 unspecified atom stereocenters. The minimum absolute atomic E-state index is 0. The van der Waals surface area contributed by atoms with Crippen LogP contribution in [0.5, 0.6) is 11.5 Å². The zero-order chi connectivity index (χ0) is 25.1. The number of nitrogens with zero attached hydrogens (tertiary/aromatic N) is 2. The van der Waals surface area contributed by atoms with Gasteiger partial charge in [0.15, 0.2) is 12.4 Å². The maximum Gasteiger partial charge on any atom is 0.169 e. The number of aryl methyl sites for hydroxylation is 1. The van der Waals surface area contributed by atoms with Crippen molar-refractivity contribution in [1.82, 2.24) is 4.90 Å². The maximum absolute atomic E-state index is 5.92. The monoisotopic (exact) mass is 610 g/mol. The number of likely N-dealkylation sites (N-methyl/N-ethyl adjacent to an activating group) is 1. The van der Waals surface area contributed by atoms with Crippen molar-refractivity contribution < 1.29 is 46.9 Å². The van der Waals surface area contributed by atoms with Gasteiger partial charge in [0.2, 0.25) is 0 Å². The number of hydrogen-bond acceptors (Lipinski definition) is 5. The van der Waals surface area contributed by atoms with Gasteiger partial charge in [-0.15, -0.1) is 0 Å². The summed E-state index contributed by atoms with van der Waals surface area (Å²) in [6.45, 7) is 2.09. The highest BCUT2D eigenvalue weighted by molar-refractivity contribution is 5.84. The third kappa shape index (κ3) is 6.17. The van der Waals surface area contributed by atoms with E-state index in [1.165, 1.54) is 5.57 Å². The van der Waals surface area contributed by atoms with E-state index in [0.29, 0.717) is 0 Å². The van der Waals surface area contributed by atoms with Gasteiger partial charge in [-0.05, 0) is 55.4 Å². The van der Waals surface area contributed by atoms with Crippen molar-refractivity contribution in [2.45, 2.75) is 6.42 Å². The fraction of sp³-hybridized carbons (Fsp3) is 0.233. The van der Waals surface area contributed by atoms with Crippen LogP contribution in [0.2, 0.25) is 0 Å². The molecule has 0 spiro atoms. The van der Waals surface area contributed by atoms with Crippen molar-refractivity contribution >= 4 is 27.5 Å². The van der Waals surface area contributed by atoms with Crippen LogP contribution in [0.25, 0.3) is 38.8 Å². The van der Waals surface area contributed by atoms with Gasteiger partial charge < -0.3 is 47.2 Å². The number of rotatable bonds is 4. The number of furan rings is 2. The topological polar surface area (TPSA) is 51.9 Å². The Bertz CT molecular complexity index is 1520. The van der Waals surface area contributed by atoms with E-state index in [9.17, 15) is 0 Å². The van der Waals surface area contributed by atoms with Gasteiger partial charge in [0.25, 0.3) is 0 Å². The second-order valence-corrected chi connectivity index (χ2v) is 9.02. The molecule has 4 heterocycles. The Labute approximate surface area is 234 Å². The molecule has 0 fully saturated rings. The Morgan fingerprint density at radius 2 is 1.35 bits per heavy atom. The summed E-state index contributed by atoms with van der Waals surface area (Å²) in [5.41, 5.74) is 4.12. The molecule has 0 amide bonds. The Balaban J connectivity index is 0.000000168. The van der Waals surface area contributed by atoms with Crippen molar-refractivity contribution in [3.8, 4) is 22.8 Å². The summed E-state index contributed by atoms with van der Waals surface area (Å²) in [7, 11) is 7.46. The largest absolute Gasteiger partial charge is 1.00 e. The number of fused-ring (bicyclic) bond motifs is 2. The molecule has 3 aromatic heterocycles. The van der Waals surface area contributed by atoms with Crippen molar-refractivity contribution in [3.05, 3.63) is 84.9 Å². The Kier molecular flexibility index (Phi) is 8.56. The van der Waals surface area contributed by atoms with Crippen molar-refractivity contribution in [2.75, 3.05) is 34.4 Å². The van der Waals surface area contributed by atoms with E-state index >= 15 is 0 Å². The number of hydrogen-bond donors (Lipinski definition) is 0. The van der Waals surface area contributed by atoms with Crippen LogP contribution in [-0.2, 0) is 7.05 Å². The fourth-order valence-electron chi connectivity index (χ4n) is 4.24. The van der Waals surface area contributed by atoms with E-state index in [1.54, 1.807) is 14.2 Å². The molecule has 6 rings (SSSR count). The number of benzene rings is 2. The van der Waals surface area contributed by atoms with E-state index in [0.717, 1.165) is 70.0 Å². The Morgan fingerprint density at radius 1 is 0.784 bits per heavy atom. The van der Waals surface area contributed by atoms with Crippen LogP contribution in [0, 0.1) is 0 Å². The smallest absolute Gasteiger partial charge is 0.169 e. The lowest BCUT2D eigenvalue weighted by molar-refractivity contribution is -0.671. The lowest BCUT2D eigenvalue weighted by Crippen LogP contribution is -3.00. The number of halogens is 1. The van der Waals surface area contributed by atoms with Gasteiger partial charge in [-0.1, -0.05) is 6.08 Å². The van der Waals surface area contributed by atoms with Gasteiger partial charge >= 0.3 is 0 Å². The number of aromatic nitrogens is 1. The SMILES string of the molecule is COc1ccc2cc(-c3cc[n+](C)cc3)oc2c1.COc1ccc2cc(C3=CCN(C)CC3)oc2c1.[I-]. The highest BCUT2D eigenvalue weighted by Crippen LogP contribution is 2.31. The lowest BCUT2D eigenvalue weighted by Gasteiger charge is -2.20. The van der Waals surface area contributed by atoms with Crippen LogP contribution >= 0.6 is 0 Å². The summed E-state index contributed by atoms with van der Waals surface area (Å²) in [6, 6.07) is 20.0. The summed E-state index contributed by atoms with van der Waals surface area (Å²) < 4.78 is 24.2. The zero-order valence-corrected chi connectivity index (χ0v) is 23.7. The summed E-state index contributed by atoms with van der Waals surface area (Å²) >= 11 is 0. The molecule has 192 valence electrons. The van der Waals surface area contributed by atoms with Crippen molar-refractivity contribution in [1.29, 1.82) is 0 Å². The molecular weight excluding hydrogens is 579 g/mol. The summed E-state index contributed by atoms with van der Waals surface area (Å²) in [6.07, 6.45) is 7.30. The summed E-state index contributed by atoms with van der Waals surface area (Å²) in [5, 5.41) is 2.21. The van der Waals surface area contributed by atoms with E-state index in [4.69, 9.17) is 18.3 Å². The fourth-order valence-corrected chi connectivity index (χ4v) is 4.24. The first-order valence-electron chi connectivity index (χ1n) is 12.0. The molecule has 0 radical (unpaired) electrons. The average molecular weight is 610 g/mol. The highest BCUT2D eigenvalue weighted by Gasteiger charge is 2.14. The lowest BCUT2D eigenvalue weighted by atomic mass is 10.1. The molecule has 0 saturated heterocycles.